The predicted octanol–water partition coefficient (Wildman–Crippen LogP) is 3.70. The Morgan fingerprint density at radius 1 is 1.46 bits per heavy atom. The van der Waals surface area contributed by atoms with Gasteiger partial charge in [0, 0.05) is 27.8 Å². The number of nitrogens with zero attached hydrogens (tertiary/aromatic N) is 1. The van der Waals surface area contributed by atoms with Crippen molar-refractivity contribution < 1.29 is 0 Å². The molecule has 0 aliphatic carbocycles. The van der Waals surface area contributed by atoms with Crippen LogP contribution in [-0.2, 0) is 0 Å². The predicted molar refractivity (Wildman–Crippen MR) is 60.6 cm³/mol. The molecule has 0 saturated carbocycles. The van der Waals surface area contributed by atoms with Crippen LogP contribution in [-0.4, -0.2) is 12.6 Å². The molecule has 0 spiro atoms. The van der Waals surface area contributed by atoms with E-state index in [2.05, 4.69) is 33.8 Å². The van der Waals surface area contributed by atoms with Crippen molar-refractivity contribution in [1.82, 2.24) is 0 Å². The second-order valence-electron chi connectivity index (χ2n) is 3.46. The lowest BCUT2D eigenvalue weighted by molar-refractivity contribution is 0.481. The van der Waals surface area contributed by atoms with Crippen molar-refractivity contribution in [3.8, 4) is 0 Å². The topological polar surface area (TPSA) is 3.24 Å². The maximum Gasteiger partial charge on any atom is 0.0437 e. The number of hydrogen-bond acceptors (Lipinski definition) is 1. The second-order valence-corrected chi connectivity index (χ2v) is 4.81. The van der Waals surface area contributed by atoms with Crippen molar-refractivity contribution in [2.24, 2.45) is 0 Å². The monoisotopic (exact) mass is 259 g/mol. The van der Waals surface area contributed by atoms with Gasteiger partial charge in [0.2, 0.25) is 0 Å². The number of rotatable bonds is 1. The van der Waals surface area contributed by atoms with E-state index in [9.17, 15) is 0 Å². The van der Waals surface area contributed by atoms with Crippen molar-refractivity contribution in [3.63, 3.8) is 0 Å². The summed E-state index contributed by atoms with van der Waals surface area (Å²) in [6.07, 6.45) is 1.28. The first-order valence-electron chi connectivity index (χ1n) is 4.39. The van der Waals surface area contributed by atoms with E-state index in [1.54, 1.807) is 0 Å². The highest BCUT2D eigenvalue weighted by atomic mass is 79.9. The van der Waals surface area contributed by atoms with Crippen molar-refractivity contribution in [2.75, 3.05) is 11.4 Å². The van der Waals surface area contributed by atoms with Crippen LogP contribution in [0.25, 0.3) is 0 Å². The molecule has 70 valence electrons. The van der Waals surface area contributed by atoms with Crippen LogP contribution < -0.4 is 4.90 Å². The summed E-state index contributed by atoms with van der Waals surface area (Å²) in [7, 11) is 0. The van der Waals surface area contributed by atoms with Gasteiger partial charge in [-0.1, -0.05) is 27.5 Å². The van der Waals surface area contributed by atoms with E-state index >= 15 is 0 Å². The molecule has 1 nitrogen and oxygen atoms in total. The first kappa shape index (κ1) is 9.35. The Kier molecular flexibility index (Phi) is 2.52. The van der Waals surface area contributed by atoms with E-state index in [4.69, 9.17) is 11.6 Å². The van der Waals surface area contributed by atoms with Crippen LogP contribution in [0.15, 0.2) is 22.7 Å². The van der Waals surface area contributed by atoms with Crippen LogP contribution in [0.1, 0.15) is 13.3 Å². The Bertz CT molecular complexity index is 306. The summed E-state index contributed by atoms with van der Waals surface area (Å²) < 4.78 is 1.05. The lowest BCUT2D eigenvalue weighted by Crippen LogP contribution is -2.45. The molecule has 1 saturated heterocycles. The Labute approximate surface area is 91.8 Å². The Balaban J connectivity index is 2.29. The molecule has 0 aromatic heterocycles. The third kappa shape index (κ3) is 1.84. The number of anilines is 1. The molecule has 1 aromatic carbocycles. The molecule has 1 aliphatic heterocycles. The molecule has 1 heterocycles. The maximum absolute atomic E-state index is 5.97. The minimum atomic E-state index is 0.658. The zero-order chi connectivity index (χ0) is 9.42. The summed E-state index contributed by atoms with van der Waals surface area (Å²) in [6, 6.07) is 6.70. The third-order valence-electron chi connectivity index (χ3n) is 2.50. The van der Waals surface area contributed by atoms with E-state index in [1.807, 2.05) is 12.1 Å². The number of benzene rings is 1. The molecule has 13 heavy (non-hydrogen) atoms. The van der Waals surface area contributed by atoms with E-state index in [0.717, 1.165) is 16.0 Å². The third-order valence-corrected chi connectivity index (χ3v) is 3.17. The summed E-state index contributed by atoms with van der Waals surface area (Å²) in [5.74, 6) is 0. The average Bonchev–Trinajstić information content (AvgIpc) is 1.99. The molecule has 1 unspecified atom stereocenters. The van der Waals surface area contributed by atoms with Crippen LogP contribution in [0.3, 0.4) is 0 Å². The molecule has 1 fully saturated rings. The minimum Gasteiger partial charge on any atom is -0.369 e. The highest BCUT2D eigenvalue weighted by Gasteiger charge is 2.23. The largest absolute Gasteiger partial charge is 0.369 e. The van der Waals surface area contributed by atoms with Gasteiger partial charge in [0.1, 0.15) is 0 Å². The molecular weight excluding hydrogens is 249 g/mol. The summed E-state index contributed by atoms with van der Waals surface area (Å²) in [6.45, 7) is 3.38. The molecule has 1 aliphatic rings. The summed E-state index contributed by atoms with van der Waals surface area (Å²) in [5, 5.41) is 0.795. The first-order valence-corrected chi connectivity index (χ1v) is 5.56. The van der Waals surface area contributed by atoms with Gasteiger partial charge in [0.15, 0.2) is 0 Å². The SMILES string of the molecule is CC1CCN1c1cc(Cl)cc(Br)c1. The van der Waals surface area contributed by atoms with Crippen LogP contribution in [0.5, 0.6) is 0 Å². The minimum absolute atomic E-state index is 0.658. The first-order chi connectivity index (χ1) is 6.16. The van der Waals surface area contributed by atoms with Crippen molar-refractivity contribution in [1.29, 1.82) is 0 Å². The summed E-state index contributed by atoms with van der Waals surface area (Å²) in [4.78, 5) is 2.36. The van der Waals surface area contributed by atoms with E-state index in [1.165, 1.54) is 12.1 Å². The van der Waals surface area contributed by atoms with Gasteiger partial charge in [0.25, 0.3) is 0 Å². The zero-order valence-corrected chi connectivity index (χ0v) is 9.77. The lowest BCUT2D eigenvalue weighted by Gasteiger charge is -2.41. The van der Waals surface area contributed by atoms with Gasteiger partial charge < -0.3 is 4.90 Å². The molecule has 0 amide bonds. The Hall–Kier alpha value is -0.210. The molecule has 3 heteroatoms. The fraction of sp³-hybridized carbons (Fsp3) is 0.400. The van der Waals surface area contributed by atoms with Crippen LogP contribution >= 0.6 is 27.5 Å². The summed E-state index contributed by atoms with van der Waals surface area (Å²) in [5.41, 5.74) is 1.22. The van der Waals surface area contributed by atoms with E-state index < -0.39 is 0 Å². The van der Waals surface area contributed by atoms with Gasteiger partial charge >= 0.3 is 0 Å². The molecule has 1 atom stereocenters. The Morgan fingerprint density at radius 3 is 2.69 bits per heavy atom. The number of hydrogen-bond donors (Lipinski definition) is 0. The van der Waals surface area contributed by atoms with Crippen molar-refractivity contribution >= 4 is 33.2 Å². The lowest BCUT2D eigenvalue weighted by atomic mass is 10.0. The molecule has 2 rings (SSSR count). The molecular formula is C10H11BrClN. The van der Waals surface area contributed by atoms with Crippen LogP contribution in [0.4, 0.5) is 5.69 Å². The second kappa shape index (κ2) is 3.50. The van der Waals surface area contributed by atoms with Gasteiger partial charge in [-0.15, -0.1) is 0 Å². The zero-order valence-electron chi connectivity index (χ0n) is 7.43. The van der Waals surface area contributed by atoms with Crippen molar-refractivity contribution in [2.45, 2.75) is 19.4 Å². The van der Waals surface area contributed by atoms with Crippen molar-refractivity contribution in [3.05, 3.63) is 27.7 Å². The average molecular weight is 261 g/mol. The quantitative estimate of drug-likeness (QED) is 0.744. The standard InChI is InChI=1S/C10H11BrClN/c1-7-2-3-13(7)10-5-8(11)4-9(12)6-10/h4-7H,2-3H2,1H3. The highest BCUT2D eigenvalue weighted by Crippen LogP contribution is 2.31. The maximum atomic E-state index is 5.97. The van der Waals surface area contributed by atoms with Crippen LogP contribution in [0, 0.1) is 0 Å². The highest BCUT2D eigenvalue weighted by molar-refractivity contribution is 9.10. The molecule has 1 aromatic rings. The van der Waals surface area contributed by atoms with E-state index in [-0.39, 0.29) is 0 Å². The molecule has 0 bridgehead atoms. The Morgan fingerprint density at radius 2 is 2.23 bits per heavy atom. The number of halogens is 2. The fourth-order valence-electron chi connectivity index (χ4n) is 1.61. The molecule has 0 radical (unpaired) electrons. The van der Waals surface area contributed by atoms with Crippen LogP contribution in [0.2, 0.25) is 5.02 Å². The van der Waals surface area contributed by atoms with Gasteiger partial charge in [0.05, 0.1) is 0 Å². The van der Waals surface area contributed by atoms with Gasteiger partial charge in [-0.05, 0) is 31.5 Å². The normalized spacial score (nSPS) is 21.5. The fourth-order valence-corrected chi connectivity index (χ4v) is 2.45. The summed E-state index contributed by atoms with van der Waals surface area (Å²) >= 11 is 9.41. The smallest absolute Gasteiger partial charge is 0.0437 e. The van der Waals surface area contributed by atoms with Gasteiger partial charge in [-0.25, -0.2) is 0 Å². The molecule has 0 N–H and O–H groups in total. The van der Waals surface area contributed by atoms with Gasteiger partial charge in [-0.3, -0.25) is 0 Å². The van der Waals surface area contributed by atoms with Gasteiger partial charge in [-0.2, -0.15) is 0 Å². The van der Waals surface area contributed by atoms with E-state index in [0.29, 0.717) is 6.04 Å².